The first-order chi connectivity index (χ1) is 13.0. The smallest absolute Gasteiger partial charge is 0.318 e. The van der Waals surface area contributed by atoms with Gasteiger partial charge in [-0.15, -0.1) is 0 Å². The number of urea groups is 1. The monoisotopic (exact) mass is 379 g/mol. The summed E-state index contributed by atoms with van der Waals surface area (Å²) in [4.78, 5) is 15.2. The second-order valence-corrected chi connectivity index (χ2v) is 7.62. The van der Waals surface area contributed by atoms with Crippen molar-refractivity contribution >= 4 is 23.3 Å². The summed E-state index contributed by atoms with van der Waals surface area (Å²) in [5, 5.41) is 3.67. The molecule has 1 aromatic heterocycles. The summed E-state index contributed by atoms with van der Waals surface area (Å²) in [5.41, 5.74) is 4.12. The van der Waals surface area contributed by atoms with Crippen LogP contribution in [-0.4, -0.2) is 15.5 Å². The molecule has 0 fully saturated rings. The molecule has 0 spiro atoms. The summed E-state index contributed by atoms with van der Waals surface area (Å²) in [6.07, 6.45) is 2.07. The highest BCUT2D eigenvalue weighted by molar-refractivity contribution is 6.30. The van der Waals surface area contributed by atoms with E-state index in [1.807, 2.05) is 35.2 Å². The Morgan fingerprint density at radius 1 is 1.07 bits per heavy atom. The summed E-state index contributed by atoms with van der Waals surface area (Å²) >= 11 is 5.96. The molecule has 2 aromatic carbocycles. The number of fused-ring (bicyclic) bond motifs is 3. The van der Waals surface area contributed by atoms with E-state index in [1.165, 1.54) is 0 Å². The first-order valence-electron chi connectivity index (χ1n) is 9.13. The number of halogens is 1. The number of para-hydroxylation sites is 1. The van der Waals surface area contributed by atoms with Gasteiger partial charge in [0.25, 0.3) is 0 Å². The van der Waals surface area contributed by atoms with E-state index in [9.17, 15) is 4.79 Å². The Bertz CT molecular complexity index is 962. The van der Waals surface area contributed by atoms with Gasteiger partial charge in [0.1, 0.15) is 0 Å². The zero-order chi connectivity index (χ0) is 19.0. The molecule has 138 valence electrons. The number of rotatable bonds is 2. The Kier molecular flexibility index (Phi) is 4.66. The lowest BCUT2D eigenvalue weighted by Gasteiger charge is -2.33. The summed E-state index contributed by atoms with van der Waals surface area (Å²) < 4.78 is 2.20. The average Bonchev–Trinajstić information content (AvgIpc) is 3.07. The van der Waals surface area contributed by atoms with Crippen molar-refractivity contribution in [1.82, 2.24) is 9.47 Å². The van der Waals surface area contributed by atoms with Crippen LogP contribution in [0.15, 0.2) is 66.9 Å². The van der Waals surface area contributed by atoms with Gasteiger partial charge in [-0.2, -0.15) is 0 Å². The van der Waals surface area contributed by atoms with Crippen molar-refractivity contribution in [1.29, 1.82) is 0 Å². The van der Waals surface area contributed by atoms with E-state index in [0.717, 1.165) is 22.6 Å². The SMILES string of the molecule is CC(C)C1c2cccn2-c2ccccc2CN1C(=O)Nc1ccc(Cl)cc1. The van der Waals surface area contributed by atoms with Crippen molar-refractivity contribution in [3.05, 3.63) is 83.1 Å². The molecule has 0 aliphatic carbocycles. The molecule has 0 bridgehead atoms. The van der Waals surface area contributed by atoms with Crippen LogP contribution in [0, 0.1) is 5.92 Å². The number of anilines is 1. The van der Waals surface area contributed by atoms with Crippen LogP contribution < -0.4 is 5.32 Å². The van der Waals surface area contributed by atoms with Gasteiger partial charge in [-0.3, -0.25) is 0 Å². The first-order valence-corrected chi connectivity index (χ1v) is 9.51. The molecule has 0 saturated heterocycles. The van der Waals surface area contributed by atoms with Crippen LogP contribution >= 0.6 is 11.6 Å². The minimum absolute atomic E-state index is 0.0281. The van der Waals surface area contributed by atoms with E-state index in [2.05, 4.69) is 48.1 Å². The molecule has 0 saturated carbocycles. The summed E-state index contributed by atoms with van der Waals surface area (Å²) in [6, 6.07) is 19.5. The molecule has 1 unspecified atom stereocenters. The van der Waals surface area contributed by atoms with Gasteiger partial charge in [-0.05, 0) is 53.9 Å². The van der Waals surface area contributed by atoms with Crippen molar-refractivity contribution < 1.29 is 4.79 Å². The zero-order valence-electron chi connectivity index (χ0n) is 15.4. The van der Waals surface area contributed by atoms with Crippen molar-refractivity contribution in [2.75, 3.05) is 5.32 Å². The number of carbonyl (C=O) groups excluding carboxylic acids is 1. The van der Waals surface area contributed by atoms with Crippen LogP contribution in [0.5, 0.6) is 0 Å². The Balaban J connectivity index is 1.74. The van der Waals surface area contributed by atoms with Crippen molar-refractivity contribution in [3.8, 4) is 5.69 Å². The molecular formula is C22H22ClN3O. The summed E-state index contributed by atoms with van der Waals surface area (Å²) in [7, 11) is 0. The fraction of sp³-hybridized carbons (Fsp3) is 0.227. The van der Waals surface area contributed by atoms with Gasteiger partial charge in [-0.25, -0.2) is 4.79 Å². The predicted octanol–water partition coefficient (Wildman–Crippen LogP) is 5.88. The fourth-order valence-electron chi connectivity index (χ4n) is 3.80. The third-order valence-corrected chi connectivity index (χ3v) is 5.25. The maximum absolute atomic E-state index is 13.2. The van der Waals surface area contributed by atoms with Gasteiger partial charge in [0.15, 0.2) is 0 Å². The lowest BCUT2D eigenvalue weighted by molar-refractivity contribution is 0.162. The van der Waals surface area contributed by atoms with Crippen LogP contribution in [0.2, 0.25) is 5.02 Å². The summed E-state index contributed by atoms with van der Waals surface area (Å²) in [5.74, 6) is 0.268. The number of amides is 2. The minimum Gasteiger partial charge on any atom is -0.318 e. The molecule has 3 aromatic rings. The largest absolute Gasteiger partial charge is 0.322 e. The van der Waals surface area contributed by atoms with Gasteiger partial charge in [-0.1, -0.05) is 43.6 Å². The molecule has 4 rings (SSSR count). The zero-order valence-corrected chi connectivity index (χ0v) is 16.1. The van der Waals surface area contributed by atoms with Crippen molar-refractivity contribution in [2.24, 2.45) is 5.92 Å². The van der Waals surface area contributed by atoms with Crippen LogP contribution in [0.25, 0.3) is 5.69 Å². The predicted molar refractivity (Wildman–Crippen MR) is 109 cm³/mol. The molecule has 2 heterocycles. The van der Waals surface area contributed by atoms with E-state index in [4.69, 9.17) is 11.6 Å². The molecule has 1 aliphatic heterocycles. The molecule has 1 N–H and O–H groups in total. The maximum Gasteiger partial charge on any atom is 0.322 e. The quantitative estimate of drug-likeness (QED) is 0.593. The van der Waals surface area contributed by atoms with Gasteiger partial charge in [0.05, 0.1) is 18.3 Å². The first kappa shape index (κ1) is 17.7. The fourth-order valence-corrected chi connectivity index (χ4v) is 3.93. The number of hydrogen-bond donors (Lipinski definition) is 1. The van der Waals surface area contributed by atoms with Crippen LogP contribution in [0.3, 0.4) is 0 Å². The number of nitrogens with zero attached hydrogens (tertiary/aromatic N) is 2. The lowest BCUT2D eigenvalue weighted by Crippen LogP contribution is -2.39. The van der Waals surface area contributed by atoms with Gasteiger partial charge in [0, 0.05) is 22.6 Å². The minimum atomic E-state index is -0.111. The van der Waals surface area contributed by atoms with Gasteiger partial charge < -0.3 is 14.8 Å². The summed E-state index contributed by atoms with van der Waals surface area (Å²) in [6.45, 7) is 4.86. The van der Waals surface area contributed by atoms with Crippen LogP contribution in [-0.2, 0) is 6.54 Å². The van der Waals surface area contributed by atoms with Crippen LogP contribution in [0.1, 0.15) is 31.1 Å². The van der Waals surface area contributed by atoms with E-state index in [-0.39, 0.29) is 18.0 Å². The Morgan fingerprint density at radius 3 is 2.56 bits per heavy atom. The molecule has 27 heavy (non-hydrogen) atoms. The highest BCUT2D eigenvalue weighted by Crippen LogP contribution is 2.36. The highest BCUT2D eigenvalue weighted by Gasteiger charge is 2.33. The maximum atomic E-state index is 13.2. The van der Waals surface area contributed by atoms with E-state index in [1.54, 1.807) is 12.1 Å². The van der Waals surface area contributed by atoms with Crippen LogP contribution in [0.4, 0.5) is 10.5 Å². The number of benzene rings is 2. The molecule has 2 amide bonds. The highest BCUT2D eigenvalue weighted by atomic mass is 35.5. The Labute approximate surface area is 164 Å². The van der Waals surface area contributed by atoms with E-state index in [0.29, 0.717) is 11.6 Å². The van der Waals surface area contributed by atoms with Crippen molar-refractivity contribution in [2.45, 2.75) is 26.4 Å². The Hall–Kier alpha value is -2.72. The van der Waals surface area contributed by atoms with E-state index < -0.39 is 0 Å². The Morgan fingerprint density at radius 2 is 1.81 bits per heavy atom. The molecule has 0 radical (unpaired) electrons. The number of aromatic nitrogens is 1. The van der Waals surface area contributed by atoms with Gasteiger partial charge >= 0.3 is 6.03 Å². The number of carbonyl (C=O) groups is 1. The lowest BCUT2D eigenvalue weighted by atomic mass is 9.99. The number of hydrogen-bond acceptors (Lipinski definition) is 1. The molecule has 4 nitrogen and oxygen atoms in total. The third kappa shape index (κ3) is 3.33. The standard InChI is InChI=1S/C22H22ClN3O/c1-15(2)21-20-8-5-13-25(20)19-7-4-3-6-16(19)14-26(21)22(27)24-18-11-9-17(23)10-12-18/h3-13,15,21H,14H2,1-2H3,(H,24,27). The normalized spacial score (nSPS) is 15.9. The van der Waals surface area contributed by atoms with Gasteiger partial charge in [0.2, 0.25) is 0 Å². The van der Waals surface area contributed by atoms with Crippen molar-refractivity contribution in [3.63, 3.8) is 0 Å². The third-order valence-electron chi connectivity index (χ3n) is 5.00. The second kappa shape index (κ2) is 7.12. The molecule has 1 atom stereocenters. The number of nitrogens with one attached hydrogen (secondary N) is 1. The molecule has 1 aliphatic rings. The molecule has 5 heteroatoms. The average molecular weight is 380 g/mol. The topological polar surface area (TPSA) is 37.3 Å². The second-order valence-electron chi connectivity index (χ2n) is 7.19. The molecular weight excluding hydrogens is 358 g/mol. The van der Waals surface area contributed by atoms with E-state index >= 15 is 0 Å².